The van der Waals surface area contributed by atoms with Crippen molar-refractivity contribution in [3.8, 4) is 11.3 Å². The third-order valence-corrected chi connectivity index (χ3v) is 11.1. The Labute approximate surface area is 192 Å². The first kappa shape index (κ1) is 18.7. The fraction of sp³-hybridized carbons (Fsp3) is 0.667. The Bertz CT molecular complexity index is 912. The Morgan fingerprint density at radius 3 is 1.69 bits per heavy atom. The maximum absolute atomic E-state index is 4.92. The lowest BCUT2D eigenvalue weighted by Crippen LogP contribution is -2.49. The van der Waals surface area contributed by atoms with E-state index in [1.807, 2.05) is 6.33 Å². The highest BCUT2D eigenvalue weighted by Crippen LogP contribution is 2.62. The van der Waals surface area contributed by atoms with Crippen molar-refractivity contribution in [3.05, 3.63) is 47.9 Å². The Morgan fingerprint density at radius 1 is 0.594 bits per heavy atom. The topological polar surface area (TPSA) is 25.8 Å². The number of hydrogen-bond acceptors (Lipinski definition) is 2. The average Bonchev–Trinajstić information content (AvgIpc) is 2.78. The van der Waals surface area contributed by atoms with Crippen molar-refractivity contribution in [1.29, 1.82) is 0 Å². The van der Waals surface area contributed by atoms with Crippen LogP contribution < -0.4 is 0 Å². The average molecular weight is 425 g/mol. The van der Waals surface area contributed by atoms with Crippen molar-refractivity contribution in [2.24, 2.45) is 35.5 Å². The van der Waals surface area contributed by atoms with Gasteiger partial charge in [0, 0.05) is 11.0 Å². The van der Waals surface area contributed by atoms with Gasteiger partial charge in [0.2, 0.25) is 0 Å². The summed E-state index contributed by atoms with van der Waals surface area (Å²) < 4.78 is 0. The van der Waals surface area contributed by atoms with Crippen LogP contribution in [-0.2, 0) is 10.8 Å². The Hall–Kier alpha value is -1.70. The first-order valence-electron chi connectivity index (χ1n) is 13.6. The summed E-state index contributed by atoms with van der Waals surface area (Å²) in [5, 5.41) is 0. The minimum atomic E-state index is 0.351. The highest BCUT2D eigenvalue weighted by molar-refractivity contribution is 5.61. The molecule has 8 aliphatic carbocycles. The molecular weight excluding hydrogens is 388 g/mol. The van der Waals surface area contributed by atoms with Crippen molar-refractivity contribution >= 4 is 0 Å². The molecule has 2 nitrogen and oxygen atoms in total. The molecule has 1 aromatic heterocycles. The van der Waals surface area contributed by atoms with Gasteiger partial charge < -0.3 is 0 Å². The van der Waals surface area contributed by atoms with Gasteiger partial charge in [0.15, 0.2) is 0 Å². The van der Waals surface area contributed by atoms with E-state index >= 15 is 0 Å². The summed E-state index contributed by atoms with van der Waals surface area (Å²) in [5.41, 5.74) is 6.28. The predicted octanol–water partition coefficient (Wildman–Crippen LogP) is 7.08. The van der Waals surface area contributed by atoms with E-state index in [-0.39, 0.29) is 0 Å². The molecule has 8 saturated carbocycles. The first-order valence-corrected chi connectivity index (χ1v) is 13.6. The van der Waals surface area contributed by atoms with E-state index in [0.717, 1.165) is 41.2 Å². The normalized spacial score (nSPS) is 45.5. The Balaban J connectivity index is 1.15. The molecule has 1 aromatic carbocycles. The van der Waals surface area contributed by atoms with Crippen LogP contribution >= 0.6 is 0 Å². The van der Waals surface area contributed by atoms with Crippen LogP contribution in [0.3, 0.4) is 0 Å². The zero-order chi connectivity index (χ0) is 20.9. The first-order chi connectivity index (χ1) is 15.6. The lowest BCUT2D eigenvalue weighted by atomic mass is 9.48. The molecule has 166 valence electrons. The molecule has 8 fully saturated rings. The molecule has 2 heteroatoms. The van der Waals surface area contributed by atoms with Crippen LogP contribution in [0.25, 0.3) is 11.3 Å². The van der Waals surface area contributed by atoms with E-state index in [1.165, 1.54) is 88.3 Å². The van der Waals surface area contributed by atoms with Gasteiger partial charge in [-0.25, -0.2) is 9.97 Å². The van der Waals surface area contributed by atoms with Gasteiger partial charge in [-0.15, -0.1) is 0 Å². The SMILES string of the molecule is c1cc(-c2cc(C34CC5CC(CC(C5)C3)C4)ncn2)cc(C23CC4CC(CC(C4)C2)C3)c1. The van der Waals surface area contributed by atoms with Gasteiger partial charge in [-0.3, -0.25) is 0 Å². The molecule has 32 heavy (non-hydrogen) atoms. The van der Waals surface area contributed by atoms with Gasteiger partial charge in [0.05, 0.1) is 11.4 Å². The summed E-state index contributed by atoms with van der Waals surface area (Å²) in [5.74, 6) is 5.85. The van der Waals surface area contributed by atoms with Crippen molar-refractivity contribution in [2.45, 2.75) is 87.9 Å². The third-order valence-electron chi connectivity index (χ3n) is 11.1. The molecule has 0 radical (unpaired) electrons. The minimum Gasteiger partial charge on any atom is -0.241 e. The van der Waals surface area contributed by atoms with E-state index in [9.17, 15) is 0 Å². The lowest BCUT2D eigenvalue weighted by molar-refractivity contribution is -0.00725. The van der Waals surface area contributed by atoms with E-state index in [0.29, 0.717) is 10.8 Å². The summed E-state index contributed by atoms with van der Waals surface area (Å²) in [6, 6.07) is 12.0. The molecule has 10 rings (SSSR count). The number of rotatable bonds is 3. The zero-order valence-corrected chi connectivity index (χ0v) is 19.3. The second kappa shape index (κ2) is 6.45. The third kappa shape index (κ3) is 2.71. The summed E-state index contributed by atoms with van der Waals surface area (Å²) in [6.07, 6.45) is 19.3. The number of nitrogens with zero attached hydrogens (tertiary/aromatic N) is 2. The molecule has 0 atom stereocenters. The molecule has 0 N–H and O–H groups in total. The largest absolute Gasteiger partial charge is 0.241 e. The summed E-state index contributed by atoms with van der Waals surface area (Å²) >= 11 is 0. The van der Waals surface area contributed by atoms with Crippen molar-refractivity contribution in [3.63, 3.8) is 0 Å². The standard InChI is InChI=1S/C30H36N2/c1-2-25(10-26(3-1)29-12-19-4-20(13-29)6-21(5-19)14-29)27-11-28(32-18-31-27)30-15-22-7-23(16-30)9-24(8-22)17-30/h1-3,10-11,18-24H,4-9,12-17H2. The van der Waals surface area contributed by atoms with Gasteiger partial charge in [-0.1, -0.05) is 18.2 Å². The van der Waals surface area contributed by atoms with Gasteiger partial charge in [0.25, 0.3) is 0 Å². The smallest absolute Gasteiger partial charge is 0.116 e. The van der Waals surface area contributed by atoms with E-state index in [1.54, 1.807) is 5.56 Å². The van der Waals surface area contributed by atoms with Gasteiger partial charge in [-0.05, 0) is 136 Å². The molecular formula is C30H36N2. The fourth-order valence-electron chi connectivity index (χ4n) is 10.7. The molecule has 1 heterocycles. The van der Waals surface area contributed by atoms with Crippen LogP contribution in [0, 0.1) is 35.5 Å². The van der Waals surface area contributed by atoms with Crippen LogP contribution in [0.1, 0.15) is 88.3 Å². The second-order valence-corrected chi connectivity index (χ2v) is 13.3. The summed E-state index contributed by atoms with van der Waals surface area (Å²) in [7, 11) is 0. The van der Waals surface area contributed by atoms with Crippen LogP contribution in [0.15, 0.2) is 36.7 Å². The molecule has 0 aliphatic heterocycles. The molecule has 0 saturated heterocycles. The van der Waals surface area contributed by atoms with Crippen LogP contribution in [0.4, 0.5) is 0 Å². The highest BCUT2D eigenvalue weighted by Gasteiger charge is 2.53. The molecule has 2 aromatic rings. The maximum atomic E-state index is 4.92. The Morgan fingerprint density at radius 2 is 1.12 bits per heavy atom. The molecule has 8 bridgehead atoms. The number of aromatic nitrogens is 2. The van der Waals surface area contributed by atoms with Gasteiger partial charge in [0.1, 0.15) is 6.33 Å². The van der Waals surface area contributed by atoms with E-state index in [2.05, 4.69) is 30.3 Å². The van der Waals surface area contributed by atoms with Crippen LogP contribution in [0.2, 0.25) is 0 Å². The monoisotopic (exact) mass is 424 g/mol. The molecule has 0 unspecified atom stereocenters. The van der Waals surface area contributed by atoms with Crippen molar-refractivity contribution in [1.82, 2.24) is 9.97 Å². The van der Waals surface area contributed by atoms with Crippen molar-refractivity contribution in [2.75, 3.05) is 0 Å². The molecule has 0 spiro atoms. The van der Waals surface area contributed by atoms with E-state index < -0.39 is 0 Å². The fourth-order valence-corrected chi connectivity index (χ4v) is 10.7. The highest BCUT2D eigenvalue weighted by atomic mass is 14.9. The maximum Gasteiger partial charge on any atom is 0.116 e. The second-order valence-electron chi connectivity index (χ2n) is 13.3. The molecule has 8 aliphatic rings. The number of hydrogen-bond donors (Lipinski definition) is 0. The van der Waals surface area contributed by atoms with E-state index in [4.69, 9.17) is 9.97 Å². The molecule has 0 amide bonds. The van der Waals surface area contributed by atoms with Gasteiger partial charge in [-0.2, -0.15) is 0 Å². The lowest BCUT2D eigenvalue weighted by Gasteiger charge is -2.57. The van der Waals surface area contributed by atoms with Crippen LogP contribution in [-0.4, -0.2) is 9.97 Å². The Kier molecular flexibility index (Phi) is 3.77. The van der Waals surface area contributed by atoms with Gasteiger partial charge >= 0.3 is 0 Å². The zero-order valence-electron chi connectivity index (χ0n) is 19.3. The summed E-state index contributed by atoms with van der Waals surface area (Å²) in [6.45, 7) is 0. The number of benzene rings is 1. The minimum absolute atomic E-state index is 0.351. The van der Waals surface area contributed by atoms with Crippen molar-refractivity contribution < 1.29 is 0 Å². The van der Waals surface area contributed by atoms with Crippen LogP contribution in [0.5, 0.6) is 0 Å². The predicted molar refractivity (Wildman–Crippen MR) is 127 cm³/mol. The summed E-state index contributed by atoms with van der Waals surface area (Å²) in [4.78, 5) is 9.73. The quantitative estimate of drug-likeness (QED) is 0.526.